The molecule has 0 bridgehead atoms. The Morgan fingerprint density at radius 3 is 2.74 bits per heavy atom. The minimum absolute atomic E-state index is 0.0145. The number of allylic oxidation sites excluding steroid dienone is 3. The maximum atomic E-state index is 13.9. The van der Waals surface area contributed by atoms with Crippen LogP contribution in [0.15, 0.2) is 42.0 Å². The van der Waals surface area contributed by atoms with Crippen molar-refractivity contribution < 1.29 is 9.59 Å². The number of aromatic nitrogens is 4. The van der Waals surface area contributed by atoms with Crippen LogP contribution in [0, 0.1) is 29.1 Å². The lowest BCUT2D eigenvalue weighted by atomic mass is 9.64. The first-order valence-corrected chi connectivity index (χ1v) is 17.8. The Kier molecular flexibility index (Phi) is 9.93. The van der Waals surface area contributed by atoms with E-state index in [2.05, 4.69) is 53.4 Å². The SMILES string of the molecule is C=CC1=C(CCCCC)C(CC(NCC(=O)N2C(C#N)CC3C(C)C32)C2CCCCC2)(c2nn[nH]n2)c2ccc(C(N)=O)cc2CC1. The number of unbranched alkanes of at least 4 members (excludes halogenated alkanes) is 2. The third-order valence-electron chi connectivity index (χ3n) is 11.8. The fraction of sp³-hybridized carbons (Fsp3) is 0.622. The van der Waals surface area contributed by atoms with Crippen molar-refractivity contribution in [2.75, 3.05) is 6.54 Å². The summed E-state index contributed by atoms with van der Waals surface area (Å²) < 4.78 is 0. The maximum absolute atomic E-state index is 13.9. The van der Waals surface area contributed by atoms with Gasteiger partial charge in [0.15, 0.2) is 5.82 Å². The molecule has 3 aliphatic carbocycles. The molecule has 1 saturated heterocycles. The summed E-state index contributed by atoms with van der Waals surface area (Å²) in [4.78, 5) is 28.1. The number of nitrogens with zero attached hydrogens (tertiary/aromatic N) is 5. The number of nitriles is 1. The van der Waals surface area contributed by atoms with Gasteiger partial charge < -0.3 is 16.0 Å². The minimum Gasteiger partial charge on any atom is -0.366 e. The molecule has 0 spiro atoms. The minimum atomic E-state index is -0.761. The summed E-state index contributed by atoms with van der Waals surface area (Å²) in [5, 5.41) is 29.9. The van der Waals surface area contributed by atoms with Gasteiger partial charge in [-0.2, -0.15) is 10.5 Å². The van der Waals surface area contributed by atoms with Crippen molar-refractivity contribution >= 4 is 11.8 Å². The van der Waals surface area contributed by atoms with Crippen molar-refractivity contribution in [2.24, 2.45) is 23.5 Å². The number of likely N-dealkylation sites (tertiary alicyclic amines) is 1. The molecule has 1 aliphatic heterocycles. The molecule has 2 saturated carbocycles. The van der Waals surface area contributed by atoms with E-state index in [0.717, 1.165) is 81.8 Å². The zero-order valence-corrected chi connectivity index (χ0v) is 28.0. The highest BCUT2D eigenvalue weighted by molar-refractivity contribution is 5.93. The molecule has 6 rings (SSSR count). The third-order valence-corrected chi connectivity index (χ3v) is 11.8. The Bertz CT molecular complexity index is 1540. The van der Waals surface area contributed by atoms with E-state index in [-0.39, 0.29) is 30.6 Å². The Balaban J connectivity index is 1.45. The van der Waals surface area contributed by atoms with Crippen LogP contribution in [0.5, 0.6) is 0 Å². The average Bonchev–Trinajstić information content (AvgIpc) is 3.44. The zero-order chi connectivity index (χ0) is 33.1. The van der Waals surface area contributed by atoms with Crippen molar-refractivity contribution in [3.8, 4) is 6.07 Å². The van der Waals surface area contributed by atoms with Gasteiger partial charge in [-0.25, -0.2) is 0 Å². The van der Waals surface area contributed by atoms with Gasteiger partial charge in [-0.05, 0) is 104 Å². The largest absolute Gasteiger partial charge is 0.366 e. The summed E-state index contributed by atoms with van der Waals surface area (Å²) in [7, 11) is 0. The van der Waals surface area contributed by atoms with E-state index in [0.29, 0.717) is 35.6 Å². The van der Waals surface area contributed by atoms with Crippen LogP contribution in [0.2, 0.25) is 0 Å². The number of rotatable bonds is 13. The van der Waals surface area contributed by atoms with Gasteiger partial charge in [0.2, 0.25) is 11.8 Å². The zero-order valence-electron chi connectivity index (χ0n) is 28.0. The van der Waals surface area contributed by atoms with Crippen LogP contribution in [0.3, 0.4) is 0 Å². The Labute approximate surface area is 278 Å². The molecular formula is C37H50N8O2. The highest BCUT2D eigenvalue weighted by Crippen LogP contribution is 2.53. The standard InChI is InChI=1S/C37H50N8O2/c1-4-6-8-13-30-24(5-2)14-15-26-18-27(35(39)47)16-17-31(26)37(30,36-41-43-44-42-36)20-32(25-11-9-7-10-12-25)40-22-33(46)45-28(21-38)19-29-23(3)34(29)45/h5,16-18,23,25,28-29,32,34,40H,2,4,6-15,19-20,22H2,1,3H3,(H2,39,47)(H,41,42,43,44). The maximum Gasteiger partial charge on any atom is 0.248 e. The molecule has 2 aromatic rings. The Morgan fingerprint density at radius 2 is 2.06 bits per heavy atom. The van der Waals surface area contributed by atoms with Gasteiger partial charge in [0.1, 0.15) is 6.04 Å². The summed E-state index contributed by atoms with van der Waals surface area (Å²) in [5.74, 6) is 1.43. The van der Waals surface area contributed by atoms with E-state index in [9.17, 15) is 14.9 Å². The first-order chi connectivity index (χ1) is 22.8. The number of hydrogen-bond donors (Lipinski definition) is 3. The number of H-pyrrole nitrogens is 1. The van der Waals surface area contributed by atoms with Crippen LogP contribution in [0.25, 0.3) is 0 Å². The molecule has 2 heterocycles. The molecule has 0 radical (unpaired) electrons. The molecule has 1 aromatic carbocycles. The molecule has 250 valence electrons. The number of carbonyl (C=O) groups is 2. The van der Waals surface area contributed by atoms with E-state index in [1.54, 1.807) is 0 Å². The summed E-state index contributed by atoms with van der Waals surface area (Å²) in [6.07, 6.45) is 14.7. The van der Waals surface area contributed by atoms with Gasteiger partial charge in [0.25, 0.3) is 0 Å². The molecule has 2 amide bonds. The number of aromatic amines is 1. The van der Waals surface area contributed by atoms with E-state index in [4.69, 9.17) is 10.8 Å². The second-order valence-electron chi connectivity index (χ2n) is 14.3. The van der Waals surface area contributed by atoms with Gasteiger partial charge in [-0.1, -0.05) is 69.9 Å². The fourth-order valence-electron chi connectivity index (χ4n) is 9.25. The number of carbonyl (C=O) groups excluding carboxylic acids is 2. The number of aryl methyl sites for hydroxylation is 1. The molecule has 3 fully saturated rings. The molecule has 10 nitrogen and oxygen atoms in total. The van der Waals surface area contributed by atoms with E-state index >= 15 is 0 Å². The second kappa shape index (κ2) is 14.1. The summed E-state index contributed by atoms with van der Waals surface area (Å²) in [6.45, 7) is 8.87. The van der Waals surface area contributed by atoms with Crippen molar-refractivity contribution in [2.45, 2.75) is 121 Å². The van der Waals surface area contributed by atoms with E-state index < -0.39 is 11.3 Å². The smallest absolute Gasteiger partial charge is 0.248 e. The highest BCUT2D eigenvalue weighted by atomic mass is 16.2. The first-order valence-electron chi connectivity index (χ1n) is 17.8. The molecule has 1 aromatic heterocycles. The number of nitrogens with two attached hydrogens (primary N) is 1. The number of amides is 2. The third kappa shape index (κ3) is 6.27. The van der Waals surface area contributed by atoms with E-state index in [1.807, 2.05) is 23.1 Å². The van der Waals surface area contributed by atoms with E-state index in [1.165, 1.54) is 17.6 Å². The molecule has 6 atom stereocenters. The van der Waals surface area contributed by atoms with Crippen LogP contribution in [-0.4, -0.2) is 62.0 Å². The summed E-state index contributed by atoms with van der Waals surface area (Å²) in [6, 6.07) is 8.03. The quantitative estimate of drug-likeness (QED) is 0.252. The predicted octanol–water partition coefficient (Wildman–Crippen LogP) is 5.28. The summed E-state index contributed by atoms with van der Waals surface area (Å²) in [5.41, 5.74) is 10.1. The monoisotopic (exact) mass is 638 g/mol. The number of piperidine rings is 1. The van der Waals surface area contributed by atoms with Crippen molar-refractivity contribution in [1.29, 1.82) is 5.26 Å². The summed E-state index contributed by atoms with van der Waals surface area (Å²) >= 11 is 0. The number of hydrogen-bond acceptors (Lipinski definition) is 7. The molecular weight excluding hydrogens is 588 g/mol. The van der Waals surface area contributed by atoms with Gasteiger partial charge in [0, 0.05) is 17.6 Å². The fourth-order valence-corrected chi connectivity index (χ4v) is 9.25. The number of nitrogens with one attached hydrogen (secondary N) is 2. The van der Waals surface area contributed by atoms with Crippen LogP contribution in [0.1, 0.15) is 118 Å². The molecule has 4 N–H and O–H groups in total. The molecule has 10 heteroatoms. The number of primary amides is 1. The Hall–Kier alpha value is -3.84. The Morgan fingerprint density at radius 1 is 1.26 bits per heavy atom. The average molecular weight is 639 g/mol. The molecule has 4 aliphatic rings. The van der Waals surface area contributed by atoms with Gasteiger partial charge in [-0.3, -0.25) is 9.59 Å². The topological polar surface area (TPSA) is 154 Å². The lowest BCUT2D eigenvalue weighted by molar-refractivity contribution is -0.131. The number of tetrazole rings is 1. The van der Waals surface area contributed by atoms with Crippen LogP contribution < -0.4 is 11.1 Å². The lowest BCUT2D eigenvalue weighted by Gasteiger charge is -2.42. The van der Waals surface area contributed by atoms with Crippen LogP contribution in [0.4, 0.5) is 0 Å². The number of fused-ring (bicyclic) bond motifs is 2. The van der Waals surface area contributed by atoms with Crippen molar-refractivity contribution in [3.05, 3.63) is 64.5 Å². The highest BCUT2D eigenvalue weighted by Gasteiger charge is 2.60. The normalized spacial score (nSPS) is 27.8. The van der Waals surface area contributed by atoms with Crippen LogP contribution in [-0.2, 0) is 16.6 Å². The predicted molar refractivity (Wildman–Crippen MR) is 180 cm³/mol. The first kappa shape index (κ1) is 33.1. The van der Waals surface area contributed by atoms with Crippen LogP contribution >= 0.6 is 0 Å². The van der Waals surface area contributed by atoms with Crippen molar-refractivity contribution in [1.82, 2.24) is 30.8 Å². The lowest BCUT2D eigenvalue weighted by Crippen LogP contribution is -2.50. The van der Waals surface area contributed by atoms with Gasteiger partial charge in [0.05, 0.1) is 18.0 Å². The molecule has 6 unspecified atom stereocenters. The second-order valence-corrected chi connectivity index (χ2v) is 14.3. The van der Waals surface area contributed by atoms with Crippen molar-refractivity contribution in [3.63, 3.8) is 0 Å². The molecule has 47 heavy (non-hydrogen) atoms. The van der Waals surface area contributed by atoms with Gasteiger partial charge >= 0.3 is 0 Å². The van der Waals surface area contributed by atoms with Gasteiger partial charge in [-0.15, -0.1) is 10.2 Å². The number of benzene rings is 1.